The van der Waals surface area contributed by atoms with E-state index in [1.54, 1.807) is 12.1 Å². The summed E-state index contributed by atoms with van der Waals surface area (Å²) in [4.78, 5) is 16.4. The third kappa shape index (κ3) is 3.38. The number of piperazine rings is 1. The number of carbonyl (C=O) groups excluding carboxylic acids is 1. The first kappa shape index (κ1) is 13.7. The lowest BCUT2D eigenvalue weighted by Crippen LogP contribution is -2.53. The van der Waals surface area contributed by atoms with E-state index in [0.717, 1.165) is 31.7 Å². The van der Waals surface area contributed by atoms with Crippen molar-refractivity contribution in [2.75, 3.05) is 37.7 Å². The van der Waals surface area contributed by atoms with Gasteiger partial charge >= 0.3 is 6.03 Å². The second-order valence-electron chi connectivity index (χ2n) is 5.04. The van der Waals surface area contributed by atoms with Crippen molar-refractivity contribution in [1.29, 1.82) is 0 Å². The number of hydrogen-bond donors (Lipinski definition) is 2. The molecule has 5 nitrogen and oxygen atoms in total. The number of nitrogen functional groups attached to an aromatic ring is 1. The van der Waals surface area contributed by atoms with E-state index in [0.29, 0.717) is 11.7 Å². The van der Waals surface area contributed by atoms with Gasteiger partial charge in [0, 0.05) is 37.1 Å². The molecule has 1 aliphatic rings. The fraction of sp³-hybridized carbons (Fsp3) is 0.500. The first-order valence-corrected chi connectivity index (χ1v) is 6.72. The predicted molar refractivity (Wildman–Crippen MR) is 78.2 cm³/mol. The molecule has 3 N–H and O–H groups in total. The van der Waals surface area contributed by atoms with Gasteiger partial charge in [0.25, 0.3) is 0 Å². The molecule has 0 radical (unpaired) electrons. The Balaban J connectivity index is 1.97. The van der Waals surface area contributed by atoms with Gasteiger partial charge in [-0.3, -0.25) is 4.90 Å². The zero-order valence-corrected chi connectivity index (χ0v) is 11.6. The number of nitrogens with two attached hydrogens (primary N) is 1. The molecule has 1 aromatic rings. The van der Waals surface area contributed by atoms with E-state index in [4.69, 9.17) is 5.73 Å². The molecule has 1 heterocycles. The smallest absolute Gasteiger partial charge is 0.321 e. The van der Waals surface area contributed by atoms with E-state index >= 15 is 0 Å². The van der Waals surface area contributed by atoms with E-state index in [-0.39, 0.29) is 6.03 Å². The molecular formula is C14H22N4O. The molecule has 2 amide bonds. The first-order valence-electron chi connectivity index (χ1n) is 6.72. The van der Waals surface area contributed by atoms with Crippen LogP contribution in [0.15, 0.2) is 24.3 Å². The lowest BCUT2D eigenvalue weighted by atomic mass is 10.1. The van der Waals surface area contributed by atoms with E-state index in [9.17, 15) is 4.79 Å². The molecule has 19 heavy (non-hydrogen) atoms. The molecule has 1 aliphatic heterocycles. The second kappa shape index (κ2) is 5.93. The van der Waals surface area contributed by atoms with Gasteiger partial charge in [0.05, 0.1) is 0 Å². The largest absolute Gasteiger partial charge is 0.399 e. The number of benzene rings is 1. The maximum Gasteiger partial charge on any atom is 0.321 e. The average Bonchev–Trinajstić information content (AvgIpc) is 2.39. The highest BCUT2D eigenvalue weighted by Gasteiger charge is 2.25. The van der Waals surface area contributed by atoms with Crippen LogP contribution in [-0.4, -0.2) is 48.6 Å². The van der Waals surface area contributed by atoms with E-state index in [1.165, 1.54) is 0 Å². The first-order chi connectivity index (χ1) is 9.10. The number of hydrogen-bond acceptors (Lipinski definition) is 3. The molecule has 1 fully saturated rings. The molecule has 5 heteroatoms. The van der Waals surface area contributed by atoms with Gasteiger partial charge in [0.15, 0.2) is 0 Å². The zero-order chi connectivity index (χ0) is 13.8. The minimum atomic E-state index is -0.0443. The standard InChI is InChI=1S/C14H22N4O/c1-3-13-10-18(8-7-17(13)2)14(19)16-12-6-4-5-11(15)9-12/h4-6,9,13H,3,7-8,10,15H2,1-2H3,(H,16,19). The summed E-state index contributed by atoms with van der Waals surface area (Å²) in [5, 5.41) is 2.90. The number of urea groups is 1. The molecule has 1 unspecified atom stereocenters. The Morgan fingerprint density at radius 1 is 1.47 bits per heavy atom. The Labute approximate surface area is 114 Å². The van der Waals surface area contributed by atoms with Crippen LogP contribution in [0.4, 0.5) is 16.2 Å². The normalized spacial score (nSPS) is 20.3. The lowest BCUT2D eigenvalue weighted by molar-refractivity contribution is 0.114. The van der Waals surface area contributed by atoms with Crippen LogP contribution in [0.1, 0.15) is 13.3 Å². The summed E-state index contributed by atoms with van der Waals surface area (Å²) >= 11 is 0. The molecule has 2 rings (SSSR count). The van der Waals surface area contributed by atoms with Crippen LogP contribution in [0.2, 0.25) is 0 Å². The average molecular weight is 262 g/mol. The Bertz CT molecular complexity index is 449. The van der Waals surface area contributed by atoms with Crippen LogP contribution in [0.5, 0.6) is 0 Å². The number of carbonyl (C=O) groups is 1. The third-order valence-electron chi connectivity index (χ3n) is 3.67. The quantitative estimate of drug-likeness (QED) is 0.799. The Morgan fingerprint density at radius 2 is 2.26 bits per heavy atom. The van der Waals surface area contributed by atoms with E-state index < -0.39 is 0 Å². The summed E-state index contributed by atoms with van der Waals surface area (Å²) in [5.74, 6) is 0. The minimum Gasteiger partial charge on any atom is -0.399 e. The molecule has 0 spiro atoms. The minimum absolute atomic E-state index is 0.0443. The second-order valence-corrected chi connectivity index (χ2v) is 5.04. The maximum absolute atomic E-state index is 12.2. The maximum atomic E-state index is 12.2. The van der Waals surface area contributed by atoms with Crippen LogP contribution in [0.3, 0.4) is 0 Å². The van der Waals surface area contributed by atoms with Gasteiger partial charge in [-0.15, -0.1) is 0 Å². The molecule has 104 valence electrons. The van der Waals surface area contributed by atoms with Crippen molar-refractivity contribution in [1.82, 2.24) is 9.80 Å². The van der Waals surface area contributed by atoms with Crippen molar-refractivity contribution in [3.8, 4) is 0 Å². The molecular weight excluding hydrogens is 240 g/mol. The van der Waals surface area contributed by atoms with Gasteiger partial charge in [-0.05, 0) is 31.7 Å². The van der Waals surface area contributed by atoms with Crippen molar-refractivity contribution in [3.63, 3.8) is 0 Å². The highest BCUT2D eigenvalue weighted by molar-refractivity contribution is 5.89. The van der Waals surface area contributed by atoms with Crippen molar-refractivity contribution >= 4 is 17.4 Å². The van der Waals surface area contributed by atoms with E-state index in [1.807, 2.05) is 17.0 Å². The summed E-state index contributed by atoms with van der Waals surface area (Å²) in [6.07, 6.45) is 1.05. The molecule has 0 aromatic heterocycles. The van der Waals surface area contributed by atoms with Crippen LogP contribution in [0.25, 0.3) is 0 Å². The van der Waals surface area contributed by atoms with Crippen LogP contribution < -0.4 is 11.1 Å². The van der Waals surface area contributed by atoms with Crippen molar-refractivity contribution < 1.29 is 4.79 Å². The van der Waals surface area contributed by atoms with Crippen molar-refractivity contribution in [3.05, 3.63) is 24.3 Å². The zero-order valence-electron chi connectivity index (χ0n) is 11.6. The molecule has 1 aromatic carbocycles. The summed E-state index contributed by atoms with van der Waals surface area (Å²) in [6.45, 7) is 4.62. The number of nitrogens with zero attached hydrogens (tertiary/aromatic N) is 2. The molecule has 0 saturated carbocycles. The Kier molecular flexibility index (Phi) is 4.27. The number of nitrogens with one attached hydrogen (secondary N) is 1. The number of amides is 2. The SMILES string of the molecule is CCC1CN(C(=O)Nc2cccc(N)c2)CCN1C. The Hall–Kier alpha value is -1.75. The topological polar surface area (TPSA) is 61.6 Å². The molecule has 1 atom stereocenters. The van der Waals surface area contributed by atoms with Crippen LogP contribution in [0, 0.1) is 0 Å². The van der Waals surface area contributed by atoms with Gasteiger partial charge in [0.2, 0.25) is 0 Å². The van der Waals surface area contributed by atoms with Gasteiger partial charge in [-0.25, -0.2) is 4.79 Å². The summed E-state index contributed by atoms with van der Waals surface area (Å²) in [7, 11) is 2.11. The van der Waals surface area contributed by atoms with Gasteiger partial charge in [0.1, 0.15) is 0 Å². The van der Waals surface area contributed by atoms with E-state index in [2.05, 4.69) is 24.2 Å². The highest BCUT2D eigenvalue weighted by Crippen LogP contribution is 2.15. The van der Waals surface area contributed by atoms with Crippen molar-refractivity contribution in [2.24, 2.45) is 0 Å². The van der Waals surface area contributed by atoms with Crippen LogP contribution in [-0.2, 0) is 0 Å². The van der Waals surface area contributed by atoms with Gasteiger partial charge in [-0.1, -0.05) is 13.0 Å². The highest BCUT2D eigenvalue weighted by atomic mass is 16.2. The summed E-state index contributed by atoms with van der Waals surface area (Å²) in [6, 6.07) is 7.66. The summed E-state index contributed by atoms with van der Waals surface area (Å²) in [5.41, 5.74) is 7.11. The summed E-state index contributed by atoms with van der Waals surface area (Å²) < 4.78 is 0. The molecule has 0 bridgehead atoms. The number of rotatable bonds is 2. The Morgan fingerprint density at radius 3 is 2.95 bits per heavy atom. The van der Waals surface area contributed by atoms with Gasteiger partial charge in [-0.2, -0.15) is 0 Å². The fourth-order valence-corrected chi connectivity index (χ4v) is 2.39. The monoisotopic (exact) mass is 262 g/mol. The molecule has 0 aliphatic carbocycles. The predicted octanol–water partition coefficient (Wildman–Crippen LogP) is 1.83. The lowest BCUT2D eigenvalue weighted by Gasteiger charge is -2.39. The number of anilines is 2. The van der Waals surface area contributed by atoms with Crippen molar-refractivity contribution in [2.45, 2.75) is 19.4 Å². The molecule has 1 saturated heterocycles. The fourth-order valence-electron chi connectivity index (χ4n) is 2.39. The number of likely N-dealkylation sites (N-methyl/N-ethyl adjacent to an activating group) is 1. The van der Waals surface area contributed by atoms with Gasteiger partial charge < -0.3 is 16.0 Å². The third-order valence-corrected chi connectivity index (χ3v) is 3.67. The van der Waals surface area contributed by atoms with Crippen LogP contribution >= 0.6 is 0 Å².